The molecule has 0 amide bonds. The Balaban J connectivity index is 2.20. The van der Waals surface area contributed by atoms with Gasteiger partial charge in [-0.3, -0.25) is 0 Å². The zero-order valence-corrected chi connectivity index (χ0v) is 15.3. The monoisotopic (exact) mass is 358 g/mol. The lowest BCUT2D eigenvalue weighted by Crippen LogP contribution is -2.08. The molecule has 1 aliphatic carbocycles. The van der Waals surface area contributed by atoms with E-state index in [0.717, 1.165) is 43.2 Å². The number of aromatic hydroxyl groups is 2. The van der Waals surface area contributed by atoms with E-state index in [1.165, 1.54) is 7.11 Å². The van der Waals surface area contributed by atoms with Crippen LogP contribution in [0, 0.1) is 0 Å². The second-order valence-corrected chi connectivity index (χ2v) is 6.79. The maximum absolute atomic E-state index is 10.7. The van der Waals surface area contributed by atoms with E-state index >= 15 is 0 Å². The van der Waals surface area contributed by atoms with Gasteiger partial charge in [-0.25, -0.2) is 0 Å². The van der Waals surface area contributed by atoms with E-state index in [1.807, 2.05) is 18.2 Å². The fourth-order valence-corrected chi connectivity index (χ4v) is 3.62. The number of benzene rings is 2. The molecule has 26 heavy (non-hydrogen) atoms. The molecule has 2 aromatic carbocycles. The van der Waals surface area contributed by atoms with Crippen LogP contribution >= 0.6 is 0 Å². The smallest absolute Gasteiger partial charge is 0.203 e. The summed E-state index contributed by atoms with van der Waals surface area (Å²) in [6.07, 6.45) is 4.36. The van der Waals surface area contributed by atoms with E-state index < -0.39 is 0 Å². The molecule has 0 spiro atoms. The molecule has 5 nitrogen and oxygen atoms in total. The highest BCUT2D eigenvalue weighted by Crippen LogP contribution is 2.48. The van der Waals surface area contributed by atoms with Crippen molar-refractivity contribution in [1.29, 1.82) is 0 Å². The molecule has 0 aliphatic heterocycles. The van der Waals surface area contributed by atoms with Crippen LogP contribution in [0.3, 0.4) is 0 Å². The first kappa shape index (κ1) is 18.4. The average molecular weight is 358 g/mol. The lowest BCUT2D eigenvalue weighted by atomic mass is 9.95. The van der Waals surface area contributed by atoms with Crippen molar-refractivity contribution in [2.24, 2.45) is 0 Å². The van der Waals surface area contributed by atoms with Gasteiger partial charge in [-0.15, -0.1) is 0 Å². The molecule has 5 heteroatoms. The van der Waals surface area contributed by atoms with Crippen LogP contribution in [-0.4, -0.2) is 35.6 Å². The maximum atomic E-state index is 10.7. The molecule has 0 aromatic heterocycles. The third-order valence-corrected chi connectivity index (χ3v) is 5.05. The number of hydrogen-bond donors (Lipinski definition) is 3. The van der Waals surface area contributed by atoms with Crippen molar-refractivity contribution in [2.45, 2.75) is 44.6 Å². The number of aliphatic hydroxyl groups excluding tert-OH is 1. The summed E-state index contributed by atoms with van der Waals surface area (Å²) in [5.41, 5.74) is 3.00. The summed E-state index contributed by atoms with van der Waals surface area (Å²) in [6.45, 7) is 0. The van der Waals surface area contributed by atoms with Crippen LogP contribution in [0.2, 0.25) is 0 Å². The number of phenolic OH excluding ortho intramolecular Hbond substituents is 2. The van der Waals surface area contributed by atoms with Crippen molar-refractivity contribution in [3.8, 4) is 34.1 Å². The second kappa shape index (κ2) is 7.87. The van der Waals surface area contributed by atoms with Gasteiger partial charge in [0.1, 0.15) is 5.75 Å². The molecule has 0 radical (unpaired) electrons. The molecule has 0 saturated carbocycles. The van der Waals surface area contributed by atoms with E-state index in [9.17, 15) is 15.3 Å². The summed E-state index contributed by atoms with van der Waals surface area (Å²) < 4.78 is 10.9. The first-order valence-corrected chi connectivity index (χ1v) is 9.02. The highest BCUT2D eigenvalue weighted by molar-refractivity contribution is 5.81. The van der Waals surface area contributed by atoms with Gasteiger partial charge in [-0.2, -0.15) is 0 Å². The summed E-state index contributed by atoms with van der Waals surface area (Å²) in [7, 11) is 3.04. The van der Waals surface area contributed by atoms with Crippen molar-refractivity contribution >= 4 is 0 Å². The topological polar surface area (TPSA) is 79.2 Å². The molecule has 3 N–H and O–H groups in total. The minimum absolute atomic E-state index is 0.0459. The number of fused-ring (bicyclic) bond motifs is 5. The van der Waals surface area contributed by atoms with Gasteiger partial charge in [0.15, 0.2) is 11.5 Å². The van der Waals surface area contributed by atoms with Crippen LogP contribution in [0.5, 0.6) is 23.0 Å². The number of ether oxygens (including phenoxy) is 2. The molecule has 1 aliphatic rings. The van der Waals surface area contributed by atoms with Gasteiger partial charge in [0.25, 0.3) is 0 Å². The molecule has 4 bridgehead atoms. The third-order valence-electron chi connectivity index (χ3n) is 5.05. The maximum Gasteiger partial charge on any atom is 0.203 e. The Kier molecular flexibility index (Phi) is 5.57. The Morgan fingerprint density at radius 1 is 0.885 bits per heavy atom. The van der Waals surface area contributed by atoms with E-state index in [-0.39, 0.29) is 23.4 Å². The van der Waals surface area contributed by atoms with Crippen LogP contribution in [-0.2, 0) is 12.8 Å². The second-order valence-electron chi connectivity index (χ2n) is 6.79. The standard InChI is InChI=1S/C21H26O5/c1-25-20-14-5-3-4-6-15(22)9-7-13-8-10-18(23)16(11-13)17(12-14)19(24)21(20)26-2/h8,10-12,15,22-24H,3-7,9H2,1-2H3/t15-/m0/s1. The lowest BCUT2D eigenvalue weighted by molar-refractivity contribution is 0.151. The van der Waals surface area contributed by atoms with Crippen LogP contribution in [0.4, 0.5) is 0 Å². The van der Waals surface area contributed by atoms with Gasteiger partial charge in [0, 0.05) is 11.1 Å². The van der Waals surface area contributed by atoms with Crippen molar-refractivity contribution in [3.05, 3.63) is 35.4 Å². The van der Waals surface area contributed by atoms with Gasteiger partial charge in [-0.05, 0) is 61.4 Å². The highest BCUT2D eigenvalue weighted by Gasteiger charge is 2.22. The summed E-state index contributed by atoms with van der Waals surface area (Å²) in [5, 5.41) is 31.3. The summed E-state index contributed by atoms with van der Waals surface area (Å²) >= 11 is 0. The molecule has 1 atom stereocenters. The first-order valence-electron chi connectivity index (χ1n) is 9.02. The van der Waals surface area contributed by atoms with Gasteiger partial charge < -0.3 is 24.8 Å². The largest absolute Gasteiger partial charge is 0.507 e. The van der Waals surface area contributed by atoms with Crippen molar-refractivity contribution in [3.63, 3.8) is 0 Å². The molecule has 0 heterocycles. The molecule has 0 fully saturated rings. The summed E-state index contributed by atoms with van der Waals surface area (Å²) in [6, 6.07) is 7.21. The number of methoxy groups -OCH3 is 2. The summed E-state index contributed by atoms with van der Waals surface area (Å²) in [5.74, 6) is 0.840. The molecule has 3 rings (SSSR count). The Morgan fingerprint density at radius 2 is 1.65 bits per heavy atom. The first-order chi connectivity index (χ1) is 12.5. The predicted octanol–water partition coefficient (Wildman–Crippen LogP) is 3.80. The Morgan fingerprint density at radius 3 is 2.38 bits per heavy atom. The van der Waals surface area contributed by atoms with E-state index in [2.05, 4.69) is 0 Å². The number of hydrogen-bond acceptors (Lipinski definition) is 5. The SMILES string of the molecule is COc1c2cc(c(O)c1OC)-c1cc(ccc1O)CC[C@@H](O)CCCC2. The molecule has 0 saturated heterocycles. The highest BCUT2D eigenvalue weighted by atomic mass is 16.5. The molecular weight excluding hydrogens is 332 g/mol. The van der Waals surface area contributed by atoms with E-state index in [4.69, 9.17) is 9.47 Å². The van der Waals surface area contributed by atoms with Crippen LogP contribution in [0.15, 0.2) is 24.3 Å². The van der Waals surface area contributed by atoms with Crippen molar-refractivity contribution in [2.75, 3.05) is 14.2 Å². The molecule has 0 unspecified atom stereocenters. The summed E-state index contributed by atoms with van der Waals surface area (Å²) in [4.78, 5) is 0. The normalized spacial score (nSPS) is 17.6. The third kappa shape index (κ3) is 3.58. The minimum Gasteiger partial charge on any atom is -0.507 e. The number of rotatable bonds is 2. The zero-order valence-electron chi connectivity index (χ0n) is 15.3. The zero-order chi connectivity index (χ0) is 18.7. The van der Waals surface area contributed by atoms with Crippen LogP contribution in [0.25, 0.3) is 11.1 Å². The molecular formula is C21H26O5. The Hall–Kier alpha value is -2.40. The quantitative estimate of drug-likeness (QED) is 0.761. The van der Waals surface area contributed by atoms with Crippen molar-refractivity contribution < 1.29 is 24.8 Å². The van der Waals surface area contributed by atoms with Gasteiger partial charge in [-0.1, -0.05) is 12.5 Å². The number of phenols is 2. The Labute approximate surface area is 153 Å². The minimum atomic E-state index is -0.332. The van der Waals surface area contributed by atoms with Gasteiger partial charge in [0.05, 0.1) is 20.3 Å². The van der Waals surface area contributed by atoms with E-state index in [1.54, 1.807) is 13.2 Å². The number of aryl methyl sites for hydroxylation is 2. The van der Waals surface area contributed by atoms with Crippen LogP contribution in [0.1, 0.15) is 36.8 Å². The predicted molar refractivity (Wildman–Crippen MR) is 100 cm³/mol. The number of aliphatic hydroxyl groups is 1. The Bertz CT molecular complexity index is 784. The van der Waals surface area contributed by atoms with Crippen molar-refractivity contribution in [1.82, 2.24) is 0 Å². The molecule has 2 aromatic rings. The van der Waals surface area contributed by atoms with E-state index in [0.29, 0.717) is 23.3 Å². The molecule has 140 valence electrons. The van der Waals surface area contributed by atoms with Crippen LogP contribution < -0.4 is 9.47 Å². The van der Waals surface area contributed by atoms with Gasteiger partial charge >= 0.3 is 0 Å². The fraction of sp³-hybridized carbons (Fsp3) is 0.429. The average Bonchev–Trinajstić information content (AvgIpc) is 2.65. The van der Waals surface area contributed by atoms with Gasteiger partial charge in [0.2, 0.25) is 5.75 Å². The lowest BCUT2D eigenvalue weighted by Gasteiger charge is -2.18. The fourth-order valence-electron chi connectivity index (χ4n) is 3.62.